The monoisotopic (exact) mass is 446 g/mol. The van der Waals surface area contributed by atoms with E-state index >= 15 is 0 Å². The summed E-state index contributed by atoms with van der Waals surface area (Å²) in [6, 6.07) is 7.78. The van der Waals surface area contributed by atoms with E-state index in [1.165, 1.54) is 12.1 Å². The minimum absolute atomic E-state index is 0.148. The summed E-state index contributed by atoms with van der Waals surface area (Å²) >= 11 is 0. The molecule has 174 valence electrons. The van der Waals surface area contributed by atoms with Gasteiger partial charge in [-0.25, -0.2) is 4.79 Å². The van der Waals surface area contributed by atoms with E-state index in [1.54, 1.807) is 18.2 Å². The fourth-order valence-corrected chi connectivity index (χ4v) is 3.42. The first-order valence-corrected chi connectivity index (χ1v) is 9.59. The number of esters is 1. The van der Waals surface area contributed by atoms with E-state index in [-0.39, 0.29) is 5.56 Å². The Balaban J connectivity index is 1.75. The minimum Gasteiger partial charge on any atom is -0.450 e. The molecule has 3 rings (SSSR count). The Morgan fingerprint density at radius 3 is 2.19 bits per heavy atom. The Kier molecular flexibility index (Phi) is 7.59. The topological polar surface area (TPSA) is 196 Å². The van der Waals surface area contributed by atoms with Gasteiger partial charge in [0.1, 0.15) is 43.2 Å². The number of benzene rings is 1. The lowest BCUT2D eigenvalue weighted by atomic mass is 9.99. The Labute approximate surface area is 176 Å². The molecule has 2 saturated heterocycles. The molecule has 2 aliphatic heterocycles. The van der Waals surface area contributed by atoms with Gasteiger partial charge in [0.25, 0.3) is 0 Å². The van der Waals surface area contributed by atoms with Crippen LogP contribution in [0.3, 0.4) is 0 Å². The second-order valence-electron chi connectivity index (χ2n) is 7.37. The Hall–Kier alpha value is -1.71. The van der Waals surface area contributed by atoms with Gasteiger partial charge in [-0.2, -0.15) is 0 Å². The maximum absolute atomic E-state index is 12.4. The van der Waals surface area contributed by atoms with Crippen molar-refractivity contribution >= 4 is 5.97 Å². The van der Waals surface area contributed by atoms with Crippen LogP contribution in [-0.2, 0) is 18.9 Å². The van der Waals surface area contributed by atoms with Gasteiger partial charge in [0, 0.05) is 0 Å². The molecular weight excluding hydrogens is 420 g/mol. The van der Waals surface area contributed by atoms with Gasteiger partial charge in [0.2, 0.25) is 5.79 Å². The average Bonchev–Trinajstić information content (AvgIpc) is 3.00. The lowest BCUT2D eigenvalue weighted by Gasteiger charge is -2.42. The largest absolute Gasteiger partial charge is 0.450 e. The molecule has 0 bridgehead atoms. The van der Waals surface area contributed by atoms with Gasteiger partial charge in [0.15, 0.2) is 12.4 Å². The zero-order valence-corrected chi connectivity index (χ0v) is 16.3. The molecule has 7 N–H and O–H groups in total. The molecular formula is C19H26O12. The van der Waals surface area contributed by atoms with Crippen LogP contribution in [0.2, 0.25) is 0 Å². The number of hydrogen-bond acceptors (Lipinski definition) is 12. The van der Waals surface area contributed by atoms with Gasteiger partial charge >= 0.3 is 5.97 Å². The summed E-state index contributed by atoms with van der Waals surface area (Å²) in [4.78, 5) is 12.4. The van der Waals surface area contributed by atoms with Crippen molar-refractivity contribution in [3.05, 3.63) is 35.9 Å². The van der Waals surface area contributed by atoms with Crippen LogP contribution in [0.1, 0.15) is 10.4 Å². The fraction of sp³-hybridized carbons (Fsp3) is 0.632. The van der Waals surface area contributed by atoms with Gasteiger partial charge in [-0.05, 0) is 12.1 Å². The minimum atomic E-state index is -2.44. The highest BCUT2D eigenvalue weighted by Gasteiger charge is 2.55. The van der Waals surface area contributed by atoms with Crippen molar-refractivity contribution in [1.82, 2.24) is 0 Å². The first-order chi connectivity index (χ1) is 14.7. The third kappa shape index (κ3) is 4.88. The summed E-state index contributed by atoms with van der Waals surface area (Å²) in [6.07, 6.45) is -12.5. The lowest BCUT2D eigenvalue weighted by molar-refractivity contribution is -0.331. The molecule has 1 aromatic carbocycles. The predicted octanol–water partition coefficient (Wildman–Crippen LogP) is -3.53. The van der Waals surface area contributed by atoms with Crippen molar-refractivity contribution in [2.24, 2.45) is 0 Å². The molecule has 2 heterocycles. The van der Waals surface area contributed by atoms with Crippen molar-refractivity contribution in [3.8, 4) is 0 Å². The van der Waals surface area contributed by atoms with E-state index < -0.39 is 80.6 Å². The van der Waals surface area contributed by atoms with Crippen molar-refractivity contribution in [2.45, 2.75) is 54.8 Å². The number of ether oxygens (including phenoxy) is 4. The number of carbonyl (C=O) groups excluding carboxylic acids is 1. The summed E-state index contributed by atoms with van der Waals surface area (Å²) in [5.41, 5.74) is 0.148. The van der Waals surface area contributed by atoms with Gasteiger partial charge in [-0.1, -0.05) is 18.2 Å². The molecule has 0 amide bonds. The maximum atomic E-state index is 12.4. The van der Waals surface area contributed by atoms with Gasteiger partial charge in [-0.3, -0.25) is 0 Å². The fourth-order valence-electron chi connectivity index (χ4n) is 3.42. The van der Waals surface area contributed by atoms with Crippen molar-refractivity contribution in [2.75, 3.05) is 19.8 Å². The predicted molar refractivity (Wildman–Crippen MR) is 98.3 cm³/mol. The standard InChI is InChI=1S/C19H26O12/c20-6-10-12(22)14(24)15(30-17(26)9-4-2-1-3-5-9)18(29-10)28-8-19(27)16(25)13(23)11(7-21)31-19/h1-5,10-16,18,20-25,27H,6-8H2/t10-,11-,12-,13-,14+,15-,16+,18+,19-/m1/s1. The third-order valence-electron chi connectivity index (χ3n) is 5.23. The van der Waals surface area contributed by atoms with Crippen LogP contribution in [-0.4, -0.2) is 116 Å². The smallest absolute Gasteiger partial charge is 0.338 e. The highest BCUT2D eigenvalue weighted by Crippen LogP contribution is 2.32. The SMILES string of the molecule is O=C(O[C@H]1[C@@H](OC[C@@]2(O)O[C@H](CO)[C@@H](O)[C@@H]2O)O[C@H](CO)[C@@H](O)[C@@H]1O)c1ccccc1. The van der Waals surface area contributed by atoms with Crippen LogP contribution in [0.5, 0.6) is 0 Å². The second kappa shape index (κ2) is 9.83. The van der Waals surface area contributed by atoms with Crippen molar-refractivity contribution in [1.29, 1.82) is 0 Å². The second-order valence-corrected chi connectivity index (χ2v) is 7.37. The number of hydrogen-bond donors (Lipinski definition) is 7. The van der Waals surface area contributed by atoms with Gasteiger partial charge in [-0.15, -0.1) is 0 Å². The lowest BCUT2D eigenvalue weighted by Crippen LogP contribution is -2.61. The first-order valence-electron chi connectivity index (χ1n) is 9.59. The van der Waals surface area contributed by atoms with Crippen molar-refractivity contribution in [3.63, 3.8) is 0 Å². The molecule has 0 spiro atoms. The van der Waals surface area contributed by atoms with E-state index in [0.717, 1.165) is 0 Å². The average molecular weight is 446 g/mol. The van der Waals surface area contributed by atoms with E-state index in [1.807, 2.05) is 0 Å². The first kappa shape index (κ1) is 23.9. The van der Waals surface area contributed by atoms with E-state index in [2.05, 4.69) is 0 Å². The molecule has 0 unspecified atom stereocenters. The molecule has 12 heteroatoms. The highest BCUT2D eigenvalue weighted by molar-refractivity contribution is 5.89. The van der Waals surface area contributed by atoms with Crippen LogP contribution < -0.4 is 0 Å². The molecule has 9 atom stereocenters. The normalized spacial score (nSPS) is 40.6. The van der Waals surface area contributed by atoms with Gasteiger partial charge < -0.3 is 54.7 Å². The van der Waals surface area contributed by atoms with Gasteiger partial charge in [0.05, 0.1) is 18.8 Å². The van der Waals surface area contributed by atoms with Crippen LogP contribution in [0.15, 0.2) is 30.3 Å². The molecule has 0 saturated carbocycles. The molecule has 0 aliphatic carbocycles. The Bertz CT molecular complexity index is 732. The van der Waals surface area contributed by atoms with E-state index in [0.29, 0.717) is 0 Å². The number of carbonyl (C=O) groups is 1. The number of aliphatic hydroxyl groups is 7. The van der Waals surface area contributed by atoms with Crippen LogP contribution in [0, 0.1) is 0 Å². The quantitative estimate of drug-likeness (QED) is 0.204. The van der Waals surface area contributed by atoms with E-state index in [9.17, 15) is 35.4 Å². The summed E-state index contributed by atoms with van der Waals surface area (Å²) in [6.45, 7) is -2.21. The van der Waals surface area contributed by atoms with Crippen LogP contribution in [0.25, 0.3) is 0 Å². The third-order valence-corrected chi connectivity index (χ3v) is 5.23. The molecule has 0 aromatic heterocycles. The Morgan fingerprint density at radius 1 is 0.968 bits per heavy atom. The summed E-state index contributed by atoms with van der Waals surface area (Å²) in [7, 11) is 0. The van der Waals surface area contributed by atoms with Crippen LogP contribution >= 0.6 is 0 Å². The zero-order valence-electron chi connectivity index (χ0n) is 16.3. The molecule has 1 aromatic rings. The van der Waals surface area contributed by atoms with E-state index in [4.69, 9.17) is 24.1 Å². The summed E-state index contributed by atoms with van der Waals surface area (Å²) in [5.74, 6) is -3.30. The maximum Gasteiger partial charge on any atom is 0.338 e. The molecule has 2 aliphatic rings. The zero-order chi connectivity index (χ0) is 22.8. The molecule has 31 heavy (non-hydrogen) atoms. The summed E-state index contributed by atoms with van der Waals surface area (Å²) < 4.78 is 21.0. The van der Waals surface area contributed by atoms with Crippen molar-refractivity contribution < 1.29 is 59.5 Å². The highest BCUT2D eigenvalue weighted by atomic mass is 16.7. The summed E-state index contributed by atoms with van der Waals surface area (Å²) in [5, 5.41) is 69.4. The molecule has 2 fully saturated rings. The number of aliphatic hydroxyl groups excluding tert-OH is 6. The Morgan fingerprint density at radius 2 is 1.61 bits per heavy atom. The molecule has 12 nitrogen and oxygen atoms in total. The van der Waals surface area contributed by atoms with Crippen LogP contribution in [0.4, 0.5) is 0 Å². The molecule has 0 radical (unpaired) electrons. The number of rotatable bonds is 7.